The van der Waals surface area contributed by atoms with Gasteiger partial charge in [0.05, 0.1) is 0 Å². The van der Waals surface area contributed by atoms with Crippen LogP contribution < -0.4 is 0 Å². The van der Waals surface area contributed by atoms with E-state index in [9.17, 15) is 0 Å². The third-order valence-corrected chi connectivity index (χ3v) is 4.59. The Bertz CT molecular complexity index is 357. The normalized spacial score (nSPS) is 16.5. The van der Waals surface area contributed by atoms with Gasteiger partial charge in [0.1, 0.15) is 0 Å². The molecular formula is C19H32N2. The number of piperidine rings is 1. The molecule has 1 saturated heterocycles. The summed E-state index contributed by atoms with van der Waals surface area (Å²) >= 11 is 0. The summed E-state index contributed by atoms with van der Waals surface area (Å²) in [5.74, 6) is 0. The summed E-state index contributed by atoms with van der Waals surface area (Å²) in [5, 5.41) is 0. The number of hydrogen-bond donors (Lipinski definition) is 0. The van der Waals surface area contributed by atoms with Gasteiger partial charge in [-0.3, -0.25) is 4.90 Å². The van der Waals surface area contributed by atoms with Crippen LogP contribution in [0.15, 0.2) is 30.3 Å². The molecule has 1 aliphatic heterocycles. The summed E-state index contributed by atoms with van der Waals surface area (Å²) in [6.07, 6.45) is 8.38. The van der Waals surface area contributed by atoms with Gasteiger partial charge in [-0.1, -0.05) is 50.1 Å². The lowest BCUT2D eigenvalue weighted by molar-refractivity contribution is 0.220. The van der Waals surface area contributed by atoms with E-state index in [1.165, 1.54) is 70.3 Å². The fourth-order valence-corrected chi connectivity index (χ4v) is 3.22. The molecule has 0 spiro atoms. The Morgan fingerprint density at radius 3 is 2.43 bits per heavy atom. The smallest absolute Gasteiger partial charge is 0.0233 e. The summed E-state index contributed by atoms with van der Waals surface area (Å²) in [6.45, 7) is 9.78. The van der Waals surface area contributed by atoms with Gasteiger partial charge in [0, 0.05) is 6.54 Å². The zero-order valence-electron chi connectivity index (χ0n) is 13.8. The van der Waals surface area contributed by atoms with E-state index in [4.69, 9.17) is 0 Å². The Labute approximate surface area is 131 Å². The Balaban J connectivity index is 1.55. The molecule has 0 bridgehead atoms. The first-order valence-corrected chi connectivity index (χ1v) is 8.87. The van der Waals surface area contributed by atoms with Crippen LogP contribution >= 0.6 is 0 Å². The van der Waals surface area contributed by atoms with E-state index >= 15 is 0 Å². The maximum atomic E-state index is 2.66. The fourth-order valence-electron chi connectivity index (χ4n) is 3.22. The van der Waals surface area contributed by atoms with Crippen LogP contribution in [-0.4, -0.2) is 42.5 Å². The highest BCUT2D eigenvalue weighted by molar-refractivity contribution is 5.14. The van der Waals surface area contributed by atoms with Crippen LogP contribution in [0.2, 0.25) is 0 Å². The van der Waals surface area contributed by atoms with Crippen molar-refractivity contribution < 1.29 is 0 Å². The number of hydrogen-bond acceptors (Lipinski definition) is 2. The van der Waals surface area contributed by atoms with Crippen molar-refractivity contribution in [2.45, 2.75) is 52.0 Å². The van der Waals surface area contributed by atoms with Crippen molar-refractivity contribution in [1.29, 1.82) is 0 Å². The molecule has 0 aromatic heterocycles. The molecule has 0 radical (unpaired) electrons. The van der Waals surface area contributed by atoms with Crippen molar-refractivity contribution in [3.63, 3.8) is 0 Å². The second-order valence-electron chi connectivity index (χ2n) is 6.32. The highest BCUT2D eigenvalue weighted by atomic mass is 15.1. The lowest BCUT2D eigenvalue weighted by Crippen LogP contribution is -2.30. The van der Waals surface area contributed by atoms with Crippen LogP contribution in [0.1, 0.15) is 51.0 Å². The number of nitrogens with zero attached hydrogens (tertiary/aromatic N) is 2. The standard InChI is InChI=1S/C19H32N2/c1-2-20(18-19-12-6-3-7-13-19)14-8-4-9-15-21-16-10-5-11-17-21/h3,6-7,12-13H,2,4-5,8-11,14-18H2,1H3. The van der Waals surface area contributed by atoms with E-state index in [-0.39, 0.29) is 0 Å². The Kier molecular flexibility index (Phi) is 7.83. The van der Waals surface area contributed by atoms with Crippen LogP contribution in [0, 0.1) is 0 Å². The molecule has 0 saturated carbocycles. The van der Waals surface area contributed by atoms with Crippen molar-refractivity contribution in [1.82, 2.24) is 9.80 Å². The number of benzene rings is 1. The third-order valence-electron chi connectivity index (χ3n) is 4.59. The van der Waals surface area contributed by atoms with E-state index in [1.54, 1.807) is 0 Å². The summed E-state index contributed by atoms with van der Waals surface area (Å²) in [4.78, 5) is 5.22. The molecule has 21 heavy (non-hydrogen) atoms. The van der Waals surface area contributed by atoms with Crippen LogP contribution in [-0.2, 0) is 6.54 Å². The lowest BCUT2D eigenvalue weighted by atomic mass is 10.1. The molecule has 0 unspecified atom stereocenters. The average Bonchev–Trinajstić information content (AvgIpc) is 2.55. The van der Waals surface area contributed by atoms with Crippen molar-refractivity contribution in [2.75, 3.05) is 32.7 Å². The highest BCUT2D eigenvalue weighted by Crippen LogP contribution is 2.11. The van der Waals surface area contributed by atoms with Gasteiger partial charge < -0.3 is 4.90 Å². The van der Waals surface area contributed by atoms with E-state index in [2.05, 4.69) is 47.1 Å². The van der Waals surface area contributed by atoms with Gasteiger partial charge in [-0.15, -0.1) is 0 Å². The fraction of sp³-hybridized carbons (Fsp3) is 0.684. The molecule has 2 rings (SSSR count). The zero-order chi connectivity index (χ0) is 14.8. The molecular weight excluding hydrogens is 256 g/mol. The van der Waals surface area contributed by atoms with Crippen molar-refractivity contribution in [2.24, 2.45) is 0 Å². The average molecular weight is 288 g/mol. The van der Waals surface area contributed by atoms with Crippen molar-refractivity contribution >= 4 is 0 Å². The molecule has 1 aliphatic rings. The SMILES string of the molecule is CCN(CCCCCN1CCCCC1)Cc1ccccc1. The van der Waals surface area contributed by atoms with Gasteiger partial charge in [0.2, 0.25) is 0 Å². The van der Waals surface area contributed by atoms with E-state index in [0.717, 1.165) is 13.1 Å². The predicted molar refractivity (Wildman–Crippen MR) is 91.5 cm³/mol. The van der Waals surface area contributed by atoms with E-state index in [1.807, 2.05) is 0 Å². The molecule has 1 aromatic carbocycles. The molecule has 0 N–H and O–H groups in total. The van der Waals surface area contributed by atoms with Crippen molar-refractivity contribution in [3.8, 4) is 0 Å². The zero-order valence-corrected chi connectivity index (χ0v) is 13.8. The molecule has 2 heteroatoms. The van der Waals surface area contributed by atoms with Gasteiger partial charge in [0.15, 0.2) is 0 Å². The molecule has 118 valence electrons. The Morgan fingerprint density at radius 1 is 0.952 bits per heavy atom. The monoisotopic (exact) mass is 288 g/mol. The van der Waals surface area contributed by atoms with E-state index < -0.39 is 0 Å². The van der Waals surface area contributed by atoms with Crippen LogP contribution in [0.4, 0.5) is 0 Å². The number of rotatable bonds is 9. The van der Waals surface area contributed by atoms with Crippen molar-refractivity contribution in [3.05, 3.63) is 35.9 Å². The Morgan fingerprint density at radius 2 is 1.71 bits per heavy atom. The second kappa shape index (κ2) is 9.97. The minimum Gasteiger partial charge on any atom is -0.303 e. The number of unbranched alkanes of at least 4 members (excludes halogenated alkanes) is 2. The topological polar surface area (TPSA) is 6.48 Å². The largest absolute Gasteiger partial charge is 0.303 e. The minimum absolute atomic E-state index is 1.10. The lowest BCUT2D eigenvalue weighted by Gasteiger charge is -2.26. The quantitative estimate of drug-likeness (QED) is 0.629. The predicted octanol–water partition coefficient (Wildman–Crippen LogP) is 4.16. The first kappa shape index (κ1) is 16.5. The minimum atomic E-state index is 1.10. The molecule has 1 fully saturated rings. The second-order valence-corrected chi connectivity index (χ2v) is 6.32. The molecule has 1 aromatic rings. The van der Waals surface area contributed by atoms with Gasteiger partial charge in [0.25, 0.3) is 0 Å². The first-order valence-electron chi connectivity index (χ1n) is 8.87. The maximum absolute atomic E-state index is 2.66. The summed E-state index contributed by atoms with van der Waals surface area (Å²) in [5.41, 5.74) is 1.44. The summed E-state index contributed by atoms with van der Waals surface area (Å²) in [7, 11) is 0. The first-order chi connectivity index (χ1) is 10.4. The van der Waals surface area contributed by atoms with Gasteiger partial charge in [-0.25, -0.2) is 0 Å². The molecule has 1 heterocycles. The molecule has 0 atom stereocenters. The molecule has 0 amide bonds. The summed E-state index contributed by atoms with van der Waals surface area (Å²) < 4.78 is 0. The van der Waals surface area contributed by atoms with Crippen LogP contribution in [0.25, 0.3) is 0 Å². The summed E-state index contributed by atoms with van der Waals surface area (Å²) in [6, 6.07) is 10.8. The van der Waals surface area contributed by atoms with Gasteiger partial charge in [-0.05, 0) is 64.0 Å². The third kappa shape index (κ3) is 6.62. The van der Waals surface area contributed by atoms with Crippen LogP contribution in [0.5, 0.6) is 0 Å². The Hall–Kier alpha value is -0.860. The van der Waals surface area contributed by atoms with Crippen LogP contribution in [0.3, 0.4) is 0 Å². The molecule has 0 aliphatic carbocycles. The number of likely N-dealkylation sites (tertiary alicyclic amines) is 1. The van der Waals surface area contributed by atoms with E-state index in [0.29, 0.717) is 0 Å². The maximum Gasteiger partial charge on any atom is 0.0233 e. The van der Waals surface area contributed by atoms with Gasteiger partial charge in [-0.2, -0.15) is 0 Å². The molecule has 2 nitrogen and oxygen atoms in total. The van der Waals surface area contributed by atoms with Gasteiger partial charge >= 0.3 is 0 Å². The highest BCUT2D eigenvalue weighted by Gasteiger charge is 2.09.